The van der Waals surface area contributed by atoms with Crippen LogP contribution in [0.2, 0.25) is 0 Å². The maximum Gasteiger partial charge on any atom is 0.435 e. The van der Waals surface area contributed by atoms with E-state index in [0.717, 1.165) is 6.07 Å². The van der Waals surface area contributed by atoms with Gasteiger partial charge in [-0.3, -0.25) is 4.79 Å². The van der Waals surface area contributed by atoms with Gasteiger partial charge in [-0.25, -0.2) is 12.8 Å². The Bertz CT molecular complexity index is 1530. The number of alkyl halides is 7. The number of fused-ring (bicyclic) bond motifs is 3. The van der Waals surface area contributed by atoms with Gasteiger partial charge in [0.05, 0.1) is 17.0 Å². The summed E-state index contributed by atoms with van der Waals surface area (Å²) in [5, 5.41) is 9.75. The molecule has 2 atom stereocenters. The molecule has 2 fully saturated rings. The lowest BCUT2D eigenvalue weighted by atomic mass is 9.68. The molecule has 1 aliphatic heterocycles. The summed E-state index contributed by atoms with van der Waals surface area (Å²) in [6.45, 7) is -0.0874. The van der Waals surface area contributed by atoms with Gasteiger partial charge in [-0.1, -0.05) is 18.2 Å². The van der Waals surface area contributed by atoms with Crippen LogP contribution in [-0.2, 0) is 31.5 Å². The smallest absolute Gasteiger partial charge is 0.336 e. The average Bonchev–Trinajstić information content (AvgIpc) is 3.28. The first-order valence-electron chi connectivity index (χ1n) is 12.6. The molecule has 41 heavy (non-hydrogen) atoms. The van der Waals surface area contributed by atoms with Crippen LogP contribution in [0.4, 0.5) is 30.7 Å². The predicted molar refractivity (Wildman–Crippen MR) is 140 cm³/mol. The van der Waals surface area contributed by atoms with E-state index >= 15 is 0 Å². The molecule has 0 spiro atoms. The molecule has 1 amide bonds. The minimum Gasteiger partial charge on any atom is -0.336 e. The van der Waals surface area contributed by atoms with E-state index in [2.05, 4.69) is 6.07 Å². The molecule has 5 nitrogen and oxygen atoms in total. The summed E-state index contributed by atoms with van der Waals surface area (Å²) in [5.74, 6) is -0.534. The number of carbonyl (C=O) groups excluding carboxylic acids is 1. The second-order valence-electron chi connectivity index (χ2n) is 10.7. The lowest BCUT2D eigenvalue weighted by Crippen LogP contribution is -2.56. The van der Waals surface area contributed by atoms with Gasteiger partial charge < -0.3 is 4.90 Å². The number of likely N-dealkylation sites (tertiary alicyclic amines) is 1. The molecule has 1 saturated heterocycles. The Kier molecular flexibility index (Phi) is 7.00. The highest BCUT2D eigenvalue weighted by Crippen LogP contribution is 2.57. The molecule has 1 saturated carbocycles. The quantitative estimate of drug-likeness (QED) is 0.268. The number of rotatable bonds is 4. The van der Waals surface area contributed by atoms with Gasteiger partial charge in [-0.2, -0.15) is 31.6 Å². The van der Waals surface area contributed by atoms with Gasteiger partial charge in [-0.05, 0) is 96.5 Å². The van der Waals surface area contributed by atoms with Crippen molar-refractivity contribution in [2.75, 3.05) is 6.54 Å². The largest absolute Gasteiger partial charge is 0.435 e. The molecule has 2 aliphatic carbocycles. The summed E-state index contributed by atoms with van der Waals surface area (Å²) in [4.78, 5) is 14.8. The first-order chi connectivity index (χ1) is 19.0. The van der Waals surface area contributed by atoms with E-state index in [1.807, 2.05) is 22.6 Å². The lowest BCUT2D eigenvalue weighted by Gasteiger charge is -2.45. The fourth-order valence-electron chi connectivity index (χ4n) is 6.48. The molecule has 14 heteroatoms. The van der Waals surface area contributed by atoms with Crippen LogP contribution in [0.5, 0.6) is 0 Å². The third kappa shape index (κ3) is 4.11. The molecule has 0 bridgehead atoms. The monoisotopic (exact) mass is 714 g/mol. The lowest BCUT2D eigenvalue weighted by molar-refractivity contribution is -0.348. The van der Waals surface area contributed by atoms with Crippen LogP contribution in [0, 0.1) is 20.3 Å². The fourth-order valence-corrected chi connectivity index (χ4v) is 9.20. The summed E-state index contributed by atoms with van der Waals surface area (Å²) in [5.41, 5.74) is -8.91. The van der Waals surface area contributed by atoms with E-state index in [9.17, 15) is 49.2 Å². The molecular weight excluding hydrogens is 692 g/mol. The zero-order chi connectivity index (χ0) is 30.2. The number of benzene rings is 2. The molecule has 0 aromatic heterocycles. The number of hydrogen-bond acceptors (Lipinski definition) is 4. The van der Waals surface area contributed by atoms with Gasteiger partial charge in [0.1, 0.15) is 10.2 Å². The van der Waals surface area contributed by atoms with Crippen LogP contribution >= 0.6 is 22.6 Å². The van der Waals surface area contributed by atoms with E-state index < -0.39 is 55.5 Å². The maximum absolute atomic E-state index is 14.9. The Balaban J connectivity index is 1.71. The third-order valence-electron chi connectivity index (χ3n) is 8.76. The molecule has 2 aromatic rings. The number of nitriles is 1. The van der Waals surface area contributed by atoms with Gasteiger partial charge >= 0.3 is 18.0 Å². The van der Waals surface area contributed by atoms with E-state index in [4.69, 9.17) is 0 Å². The number of aryl methyl sites for hydroxylation is 1. The number of halogens is 8. The fraction of sp³-hybridized carbons (Fsp3) is 0.481. The molecule has 0 unspecified atom stereocenters. The minimum absolute atomic E-state index is 0.0716. The van der Waals surface area contributed by atoms with Crippen molar-refractivity contribution in [1.29, 1.82) is 5.26 Å². The molecular formula is C27H22F7IN2O3S. The third-order valence-corrected chi connectivity index (χ3v) is 12.0. The topological polar surface area (TPSA) is 78.2 Å². The standard InChI is InChI=1S/C27H22F7IN2O3S/c28-25(26(29,30)31,27(32,33)34)17-3-8-20-16(14-17)2-9-21-24(20,41(39,40)19-6-4-18(35)5-7-19)12-13-37(21)22(38)23(15-36)10-1-11-23/h3-8,14,21H,1-2,9-13H2/t21-,24-/m1/s1. The average molecular weight is 714 g/mol. The Morgan fingerprint density at radius 3 is 2.10 bits per heavy atom. The zero-order valence-electron chi connectivity index (χ0n) is 21.1. The normalized spacial score (nSPS) is 24.2. The summed E-state index contributed by atoms with van der Waals surface area (Å²) in [6.07, 6.45) is -11.9. The Labute approximate surface area is 244 Å². The number of hydrogen-bond donors (Lipinski definition) is 0. The zero-order valence-corrected chi connectivity index (χ0v) is 24.1. The van der Waals surface area contributed by atoms with Crippen molar-refractivity contribution >= 4 is 38.3 Å². The maximum atomic E-state index is 14.9. The van der Waals surface area contributed by atoms with Gasteiger partial charge in [0.2, 0.25) is 5.91 Å². The summed E-state index contributed by atoms with van der Waals surface area (Å²) >= 11 is 1.97. The first kappa shape index (κ1) is 30.1. The van der Waals surface area contributed by atoms with Crippen LogP contribution in [-0.4, -0.2) is 44.2 Å². The highest BCUT2D eigenvalue weighted by molar-refractivity contribution is 14.1. The Morgan fingerprint density at radius 2 is 1.59 bits per heavy atom. The van der Waals surface area contributed by atoms with Gasteiger partial charge in [0, 0.05) is 15.7 Å². The van der Waals surface area contributed by atoms with E-state index in [0.29, 0.717) is 35.0 Å². The van der Waals surface area contributed by atoms with Crippen LogP contribution in [0.3, 0.4) is 0 Å². The molecule has 0 radical (unpaired) electrons. The highest BCUT2D eigenvalue weighted by atomic mass is 127. The van der Waals surface area contributed by atoms with Crippen molar-refractivity contribution in [2.45, 2.75) is 72.2 Å². The highest BCUT2D eigenvalue weighted by Gasteiger charge is 2.74. The number of sulfone groups is 1. The number of amides is 1. The number of nitrogens with zero attached hydrogens (tertiary/aromatic N) is 2. The van der Waals surface area contributed by atoms with E-state index in [-0.39, 0.29) is 41.8 Å². The van der Waals surface area contributed by atoms with Crippen molar-refractivity contribution in [3.63, 3.8) is 0 Å². The van der Waals surface area contributed by atoms with Gasteiger partial charge in [-0.15, -0.1) is 0 Å². The summed E-state index contributed by atoms with van der Waals surface area (Å²) in [7, 11) is -4.42. The van der Waals surface area contributed by atoms with Gasteiger partial charge in [0.25, 0.3) is 0 Å². The van der Waals surface area contributed by atoms with Crippen LogP contribution in [0.15, 0.2) is 47.4 Å². The van der Waals surface area contributed by atoms with E-state index in [1.165, 1.54) is 29.2 Å². The summed E-state index contributed by atoms with van der Waals surface area (Å²) < 4.78 is 124. The second-order valence-corrected chi connectivity index (χ2v) is 14.2. The number of carbonyl (C=O) groups is 1. The van der Waals surface area contributed by atoms with Crippen molar-refractivity contribution in [3.05, 3.63) is 62.7 Å². The van der Waals surface area contributed by atoms with Crippen LogP contribution in [0.25, 0.3) is 0 Å². The van der Waals surface area contributed by atoms with Crippen molar-refractivity contribution in [2.24, 2.45) is 5.41 Å². The van der Waals surface area contributed by atoms with Crippen LogP contribution in [0.1, 0.15) is 48.8 Å². The molecule has 1 heterocycles. The summed E-state index contributed by atoms with van der Waals surface area (Å²) in [6, 6.07) is 8.38. The second kappa shape index (κ2) is 9.55. The first-order valence-corrected chi connectivity index (χ1v) is 15.2. The van der Waals surface area contributed by atoms with Crippen molar-refractivity contribution in [3.8, 4) is 6.07 Å². The molecule has 5 rings (SSSR count). The molecule has 220 valence electrons. The predicted octanol–water partition coefficient (Wildman–Crippen LogP) is 6.49. The molecule has 3 aliphatic rings. The Hall–Kier alpha value is -2.41. The SMILES string of the molecule is N#CC1(C(=O)N2CC[C@@]3(S(=O)(=O)c4ccc(I)cc4)c4ccc(C(F)(C(F)(F)F)C(F)(F)F)cc4CC[C@@H]23)CCC1. The van der Waals surface area contributed by atoms with Crippen molar-refractivity contribution in [1.82, 2.24) is 4.90 Å². The van der Waals surface area contributed by atoms with Crippen LogP contribution < -0.4 is 0 Å². The van der Waals surface area contributed by atoms with Crippen molar-refractivity contribution < 1.29 is 43.9 Å². The van der Waals surface area contributed by atoms with E-state index in [1.54, 1.807) is 0 Å². The molecule has 0 N–H and O–H groups in total. The Morgan fingerprint density at radius 1 is 0.976 bits per heavy atom. The van der Waals surface area contributed by atoms with Gasteiger partial charge in [0.15, 0.2) is 9.84 Å². The molecule has 2 aromatic carbocycles. The minimum atomic E-state index is -6.33.